The molecule has 0 aliphatic heterocycles. The minimum atomic E-state index is -0.136. The van der Waals surface area contributed by atoms with Crippen LogP contribution in [0.15, 0.2) is 36.5 Å². The van der Waals surface area contributed by atoms with Crippen molar-refractivity contribution in [3.05, 3.63) is 42.1 Å². The van der Waals surface area contributed by atoms with Crippen LogP contribution in [-0.2, 0) is 4.74 Å². The average Bonchev–Trinajstić information content (AvgIpc) is 2.39. The highest BCUT2D eigenvalue weighted by molar-refractivity contribution is 5.82. The predicted octanol–water partition coefficient (Wildman–Crippen LogP) is 2.66. The van der Waals surface area contributed by atoms with Gasteiger partial charge in [0, 0.05) is 18.7 Å². The number of benzene rings is 1. The number of ether oxygens (including phenoxy) is 1. The van der Waals surface area contributed by atoms with Gasteiger partial charge in [-0.25, -0.2) is 0 Å². The van der Waals surface area contributed by atoms with Gasteiger partial charge < -0.3 is 10.5 Å². The number of fused-ring (bicyclic) bond motifs is 1. The molecule has 0 saturated heterocycles. The third-order valence-electron chi connectivity index (χ3n) is 3.13. The predicted molar refractivity (Wildman–Crippen MR) is 69.8 cm³/mol. The molecule has 1 aromatic carbocycles. The number of rotatable bonds is 4. The third kappa shape index (κ3) is 2.30. The Morgan fingerprint density at radius 2 is 2.06 bits per heavy atom. The number of hydrogen-bond donors (Lipinski definition) is 1. The molecule has 2 unspecified atom stereocenters. The third-order valence-corrected chi connectivity index (χ3v) is 3.13. The molecule has 90 valence electrons. The Kier molecular flexibility index (Phi) is 3.71. The van der Waals surface area contributed by atoms with Gasteiger partial charge in [0.05, 0.1) is 17.7 Å². The maximum Gasteiger partial charge on any atom is 0.0762 e. The van der Waals surface area contributed by atoms with Crippen molar-refractivity contribution < 1.29 is 4.74 Å². The zero-order valence-electron chi connectivity index (χ0n) is 10.3. The van der Waals surface area contributed by atoms with E-state index in [1.54, 1.807) is 13.3 Å². The molecule has 0 fully saturated rings. The van der Waals surface area contributed by atoms with E-state index in [1.165, 1.54) is 0 Å². The summed E-state index contributed by atoms with van der Waals surface area (Å²) in [6.07, 6.45) is 2.72. The lowest BCUT2D eigenvalue weighted by atomic mass is 9.98. The summed E-state index contributed by atoms with van der Waals surface area (Å²) in [7, 11) is 1.70. The molecule has 0 bridgehead atoms. The number of para-hydroxylation sites is 1. The second kappa shape index (κ2) is 5.25. The van der Waals surface area contributed by atoms with E-state index in [-0.39, 0.29) is 12.1 Å². The van der Waals surface area contributed by atoms with E-state index in [1.807, 2.05) is 30.3 Å². The molecule has 2 aromatic rings. The molecule has 2 N–H and O–H groups in total. The van der Waals surface area contributed by atoms with Gasteiger partial charge in [-0.05, 0) is 18.1 Å². The monoisotopic (exact) mass is 230 g/mol. The van der Waals surface area contributed by atoms with Gasteiger partial charge in [0.25, 0.3) is 0 Å². The quantitative estimate of drug-likeness (QED) is 0.878. The minimum absolute atomic E-state index is 0.0302. The molecule has 3 nitrogen and oxygen atoms in total. The fourth-order valence-electron chi connectivity index (χ4n) is 2.16. The van der Waals surface area contributed by atoms with Gasteiger partial charge in [-0.15, -0.1) is 0 Å². The number of methoxy groups -OCH3 is 1. The number of nitrogens with two attached hydrogens (primary N) is 1. The molecule has 1 heterocycles. The van der Waals surface area contributed by atoms with Crippen LogP contribution in [0.5, 0.6) is 0 Å². The summed E-state index contributed by atoms with van der Waals surface area (Å²) < 4.78 is 5.41. The van der Waals surface area contributed by atoms with Crippen molar-refractivity contribution in [3.63, 3.8) is 0 Å². The summed E-state index contributed by atoms with van der Waals surface area (Å²) in [6.45, 7) is 2.08. The molecule has 1 aromatic heterocycles. The van der Waals surface area contributed by atoms with E-state index >= 15 is 0 Å². The van der Waals surface area contributed by atoms with Crippen LogP contribution in [0.3, 0.4) is 0 Å². The second-order valence-corrected chi connectivity index (χ2v) is 4.13. The molecule has 3 heteroatoms. The zero-order chi connectivity index (χ0) is 12.3. The van der Waals surface area contributed by atoms with Crippen LogP contribution >= 0.6 is 0 Å². The van der Waals surface area contributed by atoms with Crippen LogP contribution in [0.4, 0.5) is 0 Å². The van der Waals surface area contributed by atoms with E-state index in [4.69, 9.17) is 10.5 Å². The lowest BCUT2D eigenvalue weighted by molar-refractivity contribution is 0.0775. The van der Waals surface area contributed by atoms with Crippen molar-refractivity contribution in [2.45, 2.75) is 25.5 Å². The average molecular weight is 230 g/mol. The molecule has 0 aliphatic rings. The number of pyridine rings is 1. The molecule has 2 rings (SSSR count). The molecular formula is C14H18N2O. The maximum absolute atomic E-state index is 6.26. The van der Waals surface area contributed by atoms with Crippen LogP contribution in [0, 0.1) is 0 Å². The lowest BCUT2D eigenvalue weighted by Gasteiger charge is -2.22. The van der Waals surface area contributed by atoms with E-state index in [9.17, 15) is 0 Å². The summed E-state index contributed by atoms with van der Waals surface area (Å²) in [5.74, 6) is 0. The van der Waals surface area contributed by atoms with Crippen LogP contribution in [-0.4, -0.2) is 18.2 Å². The van der Waals surface area contributed by atoms with Gasteiger partial charge in [-0.3, -0.25) is 4.98 Å². The molecule has 0 spiro atoms. The summed E-state index contributed by atoms with van der Waals surface area (Å²) in [6, 6.07) is 9.94. The molecule has 0 radical (unpaired) electrons. The Morgan fingerprint density at radius 1 is 1.29 bits per heavy atom. The van der Waals surface area contributed by atoms with Crippen LogP contribution in [0.2, 0.25) is 0 Å². The topological polar surface area (TPSA) is 48.1 Å². The highest BCUT2D eigenvalue weighted by Gasteiger charge is 2.19. The van der Waals surface area contributed by atoms with Crippen LogP contribution in [0.1, 0.15) is 24.9 Å². The van der Waals surface area contributed by atoms with Crippen LogP contribution in [0.25, 0.3) is 10.9 Å². The summed E-state index contributed by atoms with van der Waals surface area (Å²) >= 11 is 0. The first-order chi connectivity index (χ1) is 8.27. The highest BCUT2D eigenvalue weighted by atomic mass is 16.5. The van der Waals surface area contributed by atoms with Gasteiger partial charge in [-0.2, -0.15) is 0 Å². The normalized spacial score (nSPS) is 14.8. The SMILES string of the molecule is CCC(OC)C(N)c1cccc2cccnc12. The second-order valence-electron chi connectivity index (χ2n) is 4.13. The molecular weight excluding hydrogens is 212 g/mol. The Balaban J connectivity index is 2.47. The van der Waals surface area contributed by atoms with Gasteiger partial charge in [0.2, 0.25) is 0 Å². The van der Waals surface area contributed by atoms with Crippen molar-refractivity contribution in [2.75, 3.05) is 7.11 Å². The van der Waals surface area contributed by atoms with Gasteiger partial charge in [-0.1, -0.05) is 31.2 Å². The Hall–Kier alpha value is -1.45. The number of nitrogens with zero attached hydrogens (tertiary/aromatic N) is 1. The van der Waals surface area contributed by atoms with E-state index in [0.29, 0.717) is 0 Å². The van der Waals surface area contributed by atoms with Gasteiger partial charge in [0.15, 0.2) is 0 Å². The first-order valence-electron chi connectivity index (χ1n) is 5.90. The van der Waals surface area contributed by atoms with E-state index < -0.39 is 0 Å². The van der Waals surface area contributed by atoms with Gasteiger partial charge in [0.1, 0.15) is 0 Å². The molecule has 0 amide bonds. The number of hydrogen-bond acceptors (Lipinski definition) is 3. The molecule has 2 atom stereocenters. The summed E-state index contributed by atoms with van der Waals surface area (Å²) in [5.41, 5.74) is 8.28. The zero-order valence-corrected chi connectivity index (χ0v) is 10.3. The maximum atomic E-state index is 6.26. The van der Waals surface area contributed by atoms with E-state index in [2.05, 4.69) is 11.9 Å². The fourth-order valence-corrected chi connectivity index (χ4v) is 2.16. The Bertz CT molecular complexity index is 489. The van der Waals surface area contributed by atoms with Crippen LogP contribution < -0.4 is 5.73 Å². The van der Waals surface area contributed by atoms with Crippen molar-refractivity contribution in [1.29, 1.82) is 0 Å². The van der Waals surface area contributed by atoms with Crippen molar-refractivity contribution in [1.82, 2.24) is 4.98 Å². The smallest absolute Gasteiger partial charge is 0.0762 e. The van der Waals surface area contributed by atoms with Gasteiger partial charge >= 0.3 is 0 Å². The van der Waals surface area contributed by atoms with Crippen molar-refractivity contribution in [2.24, 2.45) is 5.73 Å². The minimum Gasteiger partial charge on any atom is -0.379 e. The first kappa shape index (κ1) is 12.0. The molecule has 0 saturated carbocycles. The molecule has 0 aliphatic carbocycles. The Labute approximate surface area is 102 Å². The summed E-state index contributed by atoms with van der Waals surface area (Å²) in [4.78, 5) is 4.42. The fraction of sp³-hybridized carbons (Fsp3) is 0.357. The summed E-state index contributed by atoms with van der Waals surface area (Å²) in [5, 5.41) is 1.12. The highest BCUT2D eigenvalue weighted by Crippen LogP contribution is 2.25. The number of aromatic nitrogens is 1. The first-order valence-corrected chi connectivity index (χ1v) is 5.90. The standard InChI is InChI=1S/C14H18N2O/c1-3-12(17-2)13(15)11-8-4-6-10-7-5-9-16-14(10)11/h4-9,12-13H,3,15H2,1-2H3. The van der Waals surface area contributed by atoms with Crippen molar-refractivity contribution >= 4 is 10.9 Å². The van der Waals surface area contributed by atoms with E-state index in [0.717, 1.165) is 22.9 Å². The Morgan fingerprint density at radius 3 is 2.76 bits per heavy atom. The lowest BCUT2D eigenvalue weighted by Crippen LogP contribution is -2.27. The van der Waals surface area contributed by atoms with Crippen molar-refractivity contribution in [3.8, 4) is 0 Å². The largest absolute Gasteiger partial charge is 0.379 e. The molecule has 17 heavy (non-hydrogen) atoms.